The van der Waals surface area contributed by atoms with Crippen molar-refractivity contribution in [3.05, 3.63) is 11.9 Å². The van der Waals surface area contributed by atoms with Gasteiger partial charge in [-0.3, -0.25) is 4.79 Å². The Morgan fingerprint density at radius 1 is 1.58 bits per heavy atom. The molecule has 0 atom stereocenters. The number of aromatic nitrogens is 2. The molecule has 1 aromatic rings. The van der Waals surface area contributed by atoms with Crippen molar-refractivity contribution in [2.24, 2.45) is 0 Å². The molecule has 0 aliphatic heterocycles. The molecule has 1 rings (SSSR count). The molecule has 6 nitrogen and oxygen atoms in total. The number of nitrogens with one attached hydrogen (secondary N) is 1. The molecule has 0 saturated heterocycles. The average Bonchev–Trinajstić information content (AvgIpc) is 2.08. The number of hydrogen-bond donors (Lipinski definition) is 3. The van der Waals surface area contributed by atoms with E-state index in [2.05, 4.69) is 15.3 Å². The van der Waals surface area contributed by atoms with Crippen LogP contribution in [-0.2, 0) is 0 Å². The molecule has 0 saturated carbocycles. The summed E-state index contributed by atoms with van der Waals surface area (Å²) in [6.07, 6.45) is 0.951. The topological polar surface area (TPSA) is 95.3 Å². The summed E-state index contributed by atoms with van der Waals surface area (Å²) in [6, 6.07) is -0.550. The van der Waals surface area contributed by atoms with Gasteiger partial charge in [0.05, 0.1) is 6.20 Å². The maximum Gasteiger partial charge on any atom is 0.314 e. The van der Waals surface area contributed by atoms with Gasteiger partial charge >= 0.3 is 6.01 Å². The third kappa shape index (κ3) is 1.42. The fourth-order valence-electron chi connectivity index (χ4n) is 0.652. The zero-order chi connectivity index (χ0) is 9.14. The molecule has 3 N–H and O–H groups in total. The Morgan fingerprint density at radius 3 is 2.83 bits per heavy atom. The van der Waals surface area contributed by atoms with Crippen LogP contribution < -0.4 is 5.32 Å². The molecule has 64 valence electrons. The predicted octanol–water partition coefficient (Wildman–Crippen LogP) is -0.753. The lowest BCUT2D eigenvalue weighted by Crippen LogP contribution is -2.19. The molecule has 0 fully saturated rings. The van der Waals surface area contributed by atoms with Gasteiger partial charge in [0.25, 0.3) is 5.91 Å². The smallest absolute Gasteiger partial charge is 0.314 e. The SMILES string of the molecule is CNC(=O)c1nc(O)ncc1O. The molecule has 0 aliphatic carbocycles. The Bertz CT molecular complexity index is 313. The quantitative estimate of drug-likeness (QED) is 0.514. The van der Waals surface area contributed by atoms with E-state index in [1.807, 2.05) is 0 Å². The summed E-state index contributed by atoms with van der Waals surface area (Å²) in [6.45, 7) is 0. The highest BCUT2D eigenvalue weighted by atomic mass is 16.3. The van der Waals surface area contributed by atoms with Crippen molar-refractivity contribution in [3.63, 3.8) is 0 Å². The second-order valence-electron chi connectivity index (χ2n) is 1.98. The molecule has 6 heteroatoms. The minimum absolute atomic E-state index is 0.245. The number of carbonyl (C=O) groups excluding carboxylic acids is 1. The van der Waals surface area contributed by atoms with Crippen LogP contribution in [0.2, 0.25) is 0 Å². The van der Waals surface area contributed by atoms with Gasteiger partial charge in [-0.2, -0.15) is 9.97 Å². The second kappa shape index (κ2) is 3.04. The van der Waals surface area contributed by atoms with E-state index in [1.54, 1.807) is 0 Å². The standard InChI is InChI=1S/C6H7N3O3/c1-7-5(11)4-3(10)2-8-6(12)9-4/h2,10H,1H3,(H,7,11)(H,8,9,12). The molecule has 0 bridgehead atoms. The number of amides is 1. The molecule has 0 spiro atoms. The fraction of sp³-hybridized carbons (Fsp3) is 0.167. The van der Waals surface area contributed by atoms with Crippen molar-refractivity contribution in [1.82, 2.24) is 15.3 Å². The third-order valence-corrected chi connectivity index (χ3v) is 1.20. The van der Waals surface area contributed by atoms with Gasteiger partial charge in [-0.1, -0.05) is 0 Å². The first-order chi connectivity index (χ1) is 5.65. The van der Waals surface area contributed by atoms with Gasteiger partial charge in [-0.25, -0.2) is 0 Å². The lowest BCUT2D eigenvalue weighted by Gasteiger charge is -2.00. The molecular formula is C6H7N3O3. The third-order valence-electron chi connectivity index (χ3n) is 1.20. The Kier molecular flexibility index (Phi) is 2.09. The van der Waals surface area contributed by atoms with Crippen LogP contribution in [0, 0.1) is 0 Å². The molecule has 0 radical (unpaired) electrons. The van der Waals surface area contributed by atoms with Gasteiger partial charge < -0.3 is 15.5 Å². The van der Waals surface area contributed by atoms with Crippen molar-refractivity contribution in [3.8, 4) is 11.8 Å². The Balaban J connectivity index is 3.13. The summed E-state index contributed by atoms with van der Waals surface area (Å²) in [5.41, 5.74) is -0.245. The average molecular weight is 169 g/mol. The van der Waals surface area contributed by atoms with Crippen molar-refractivity contribution in [2.75, 3.05) is 7.05 Å². The number of carbonyl (C=O) groups is 1. The zero-order valence-corrected chi connectivity index (χ0v) is 6.27. The highest BCUT2D eigenvalue weighted by Crippen LogP contribution is 2.14. The lowest BCUT2D eigenvalue weighted by molar-refractivity contribution is 0.0953. The molecule has 1 amide bonds. The van der Waals surface area contributed by atoms with Crippen LogP contribution in [0.5, 0.6) is 11.8 Å². The minimum Gasteiger partial charge on any atom is -0.504 e. The normalized spacial score (nSPS) is 9.42. The van der Waals surface area contributed by atoms with E-state index < -0.39 is 11.9 Å². The van der Waals surface area contributed by atoms with E-state index in [0.29, 0.717) is 0 Å². The molecule has 1 aromatic heterocycles. The zero-order valence-electron chi connectivity index (χ0n) is 6.27. The largest absolute Gasteiger partial charge is 0.504 e. The summed E-state index contributed by atoms with van der Waals surface area (Å²) >= 11 is 0. The monoisotopic (exact) mass is 169 g/mol. The number of nitrogens with zero attached hydrogens (tertiary/aromatic N) is 2. The van der Waals surface area contributed by atoms with Crippen molar-refractivity contribution in [1.29, 1.82) is 0 Å². The molecule has 1 heterocycles. The second-order valence-corrected chi connectivity index (χ2v) is 1.98. The van der Waals surface area contributed by atoms with Crippen molar-refractivity contribution < 1.29 is 15.0 Å². The van der Waals surface area contributed by atoms with Crippen LogP contribution in [0.3, 0.4) is 0 Å². The van der Waals surface area contributed by atoms with Crippen LogP contribution >= 0.6 is 0 Å². The Labute approximate surface area is 67.9 Å². The van der Waals surface area contributed by atoms with E-state index in [-0.39, 0.29) is 11.4 Å². The first kappa shape index (κ1) is 8.25. The first-order valence-electron chi connectivity index (χ1n) is 3.12. The summed E-state index contributed by atoms with van der Waals surface area (Å²) in [4.78, 5) is 17.5. The lowest BCUT2D eigenvalue weighted by atomic mass is 10.3. The van der Waals surface area contributed by atoms with Gasteiger partial charge in [0.15, 0.2) is 11.4 Å². The van der Waals surface area contributed by atoms with E-state index in [0.717, 1.165) is 6.20 Å². The molecule has 0 aromatic carbocycles. The molecule has 0 unspecified atom stereocenters. The summed E-state index contributed by atoms with van der Waals surface area (Å²) in [7, 11) is 1.39. The summed E-state index contributed by atoms with van der Waals surface area (Å²) in [5.74, 6) is -0.947. The maximum absolute atomic E-state index is 10.9. The van der Waals surface area contributed by atoms with Gasteiger partial charge in [0, 0.05) is 7.05 Å². The highest BCUT2D eigenvalue weighted by molar-refractivity contribution is 5.94. The maximum atomic E-state index is 10.9. The number of aromatic hydroxyl groups is 2. The van der Waals surface area contributed by atoms with Crippen LogP contribution in [0.4, 0.5) is 0 Å². The van der Waals surface area contributed by atoms with Gasteiger partial charge in [-0.15, -0.1) is 0 Å². The van der Waals surface area contributed by atoms with E-state index >= 15 is 0 Å². The van der Waals surface area contributed by atoms with Crippen LogP contribution in [0.1, 0.15) is 10.5 Å². The Hall–Kier alpha value is -1.85. The van der Waals surface area contributed by atoms with Crippen LogP contribution in [0.15, 0.2) is 6.20 Å². The molecular weight excluding hydrogens is 162 g/mol. The predicted molar refractivity (Wildman–Crippen MR) is 38.8 cm³/mol. The van der Waals surface area contributed by atoms with E-state index in [9.17, 15) is 4.79 Å². The van der Waals surface area contributed by atoms with E-state index in [1.165, 1.54) is 7.05 Å². The summed E-state index contributed by atoms with van der Waals surface area (Å²) < 4.78 is 0. The van der Waals surface area contributed by atoms with Gasteiger partial charge in [-0.05, 0) is 0 Å². The van der Waals surface area contributed by atoms with Crippen molar-refractivity contribution in [2.45, 2.75) is 0 Å². The van der Waals surface area contributed by atoms with Crippen LogP contribution in [-0.4, -0.2) is 33.1 Å². The van der Waals surface area contributed by atoms with Crippen molar-refractivity contribution >= 4 is 5.91 Å². The number of rotatable bonds is 1. The van der Waals surface area contributed by atoms with Crippen LogP contribution in [0.25, 0.3) is 0 Å². The summed E-state index contributed by atoms with van der Waals surface area (Å²) in [5, 5.41) is 20.1. The molecule has 12 heavy (non-hydrogen) atoms. The number of hydrogen-bond acceptors (Lipinski definition) is 5. The van der Waals surface area contributed by atoms with Gasteiger partial charge in [0.1, 0.15) is 0 Å². The molecule has 0 aliphatic rings. The fourth-order valence-corrected chi connectivity index (χ4v) is 0.652. The Morgan fingerprint density at radius 2 is 2.25 bits per heavy atom. The van der Waals surface area contributed by atoms with Gasteiger partial charge in [0.2, 0.25) is 0 Å². The first-order valence-corrected chi connectivity index (χ1v) is 3.12. The highest BCUT2D eigenvalue weighted by Gasteiger charge is 2.12. The minimum atomic E-state index is -0.579. The van der Waals surface area contributed by atoms with E-state index in [4.69, 9.17) is 10.2 Å².